The monoisotopic (exact) mass is 391 g/mol. The number of nitrogens with zero attached hydrogens (tertiary/aromatic N) is 1. The van der Waals surface area contributed by atoms with Crippen molar-refractivity contribution in [3.05, 3.63) is 12.7 Å². The minimum absolute atomic E-state index is 0.151. The van der Waals surface area contributed by atoms with Gasteiger partial charge >= 0.3 is 12.3 Å². The molecule has 1 amide bonds. The Morgan fingerprint density at radius 2 is 1.77 bits per heavy atom. The number of hydrogen-bond acceptors (Lipinski definition) is 3. The van der Waals surface area contributed by atoms with Gasteiger partial charge in [0.2, 0.25) is 0 Å². The van der Waals surface area contributed by atoms with E-state index in [1.807, 2.05) is 0 Å². The summed E-state index contributed by atoms with van der Waals surface area (Å²) in [6.45, 7) is 8.72. The molecular weight excluding hydrogens is 368 g/mol. The average molecular weight is 391 g/mol. The molecule has 0 bridgehead atoms. The molecule has 1 rings (SSSR count). The average Bonchev–Trinajstić information content (AvgIpc) is 2.71. The summed E-state index contributed by atoms with van der Waals surface area (Å²) in [6, 6.07) is -2.35. The minimum Gasteiger partial charge on any atom is -0.444 e. The van der Waals surface area contributed by atoms with Crippen LogP contribution in [0.25, 0.3) is 0 Å². The van der Waals surface area contributed by atoms with Crippen molar-refractivity contribution in [3.8, 4) is 0 Å². The van der Waals surface area contributed by atoms with Crippen molar-refractivity contribution in [2.75, 3.05) is 6.61 Å². The summed E-state index contributed by atoms with van der Waals surface area (Å²) in [7, 11) is 0. The number of alkyl halides is 6. The zero-order valence-electron chi connectivity index (χ0n) is 15.2. The van der Waals surface area contributed by atoms with Gasteiger partial charge in [0.25, 0.3) is 6.43 Å². The van der Waals surface area contributed by atoms with Gasteiger partial charge in [-0.3, -0.25) is 4.90 Å². The fourth-order valence-corrected chi connectivity index (χ4v) is 2.93. The molecular formula is C16H23F6NO3. The number of ether oxygens (including phenoxy) is 2. The van der Waals surface area contributed by atoms with Gasteiger partial charge in [0, 0.05) is 0 Å². The normalized spacial score (nSPS) is 24.3. The number of hydrogen-bond donors (Lipinski definition) is 0. The van der Waals surface area contributed by atoms with Gasteiger partial charge in [-0.25, -0.2) is 18.0 Å². The van der Waals surface area contributed by atoms with Gasteiger partial charge in [0.1, 0.15) is 17.5 Å². The Morgan fingerprint density at radius 1 is 1.27 bits per heavy atom. The van der Waals surface area contributed by atoms with Crippen LogP contribution in [0.1, 0.15) is 34.6 Å². The van der Waals surface area contributed by atoms with E-state index in [0.717, 1.165) is 0 Å². The molecule has 0 saturated carbocycles. The zero-order valence-corrected chi connectivity index (χ0v) is 15.2. The van der Waals surface area contributed by atoms with E-state index < -0.39 is 54.3 Å². The van der Waals surface area contributed by atoms with Gasteiger partial charge in [0.15, 0.2) is 5.41 Å². The molecule has 1 heterocycles. The van der Waals surface area contributed by atoms with Gasteiger partial charge < -0.3 is 9.47 Å². The Morgan fingerprint density at radius 3 is 2.12 bits per heavy atom. The van der Waals surface area contributed by atoms with Crippen molar-refractivity contribution < 1.29 is 40.6 Å². The molecule has 1 aliphatic rings. The first-order chi connectivity index (χ1) is 11.5. The third-order valence-corrected chi connectivity index (χ3v) is 4.14. The Bertz CT molecular complexity index is 543. The molecule has 1 fully saturated rings. The summed E-state index contributed by atoms with van der Waals surface area (Å²) < 4.78 is 93.2. The number of carbonyl (C=O) groups is 1. The molecule has 152 valence electrons. The quantitative estimate of drug-likeness (QED) is 0.515. The predicted molar refractivity (Wildman–Crippen MR) is 81.5 cm³/mol. The summed E-state index contributed by atoms with van der Waals surface area (Å²) in [4.78, 5) is 12.9. The number of carbonyl (C=O) groups excluding carboxylic acids is 1. The highest BCUT2D eigenvalue weighted by atomic mass is 19.4. The molecule has 26 heavy (non-hydrogen) atoms. The maximum Gasteiger partial charge on any atom is 0.412 e. The third-order valence-electron chi connectivity index (χ3n) is 4.14. The summed E-state index contributed by atoms with van der Waals surface area (Å²) in [5.74, 6) is 0. The Hall–Kier alpha value is -1.45. The predicted octanol–water partition coefficient (Wildman–Crippen LogP) is 4.70. The number of rotatable bonds is 4. The largest absolute Gasteiger partial charge is 0.444 e. The van der Waals surface area contributed by atoms with Crippen LogP contribution in [0.15, 0.2) is 12.7 Å². The van der Waals surface area contributed by atoms with Crippen LogP contribution in [0, 0.1) is 5.41 Å². The van der Waals surface area contributed by atoms with Gasteiger partial charge in [-0.15, -0.1) is 6.58 Å². The molecule has 1 saturated heterocycles. The van der Waals surface area contributed by atoms with E-state index in [9.17, 15) is 31.1 Å². The maximum absolute atomic E-state index is 14.3. The van der Waals surface area contributed by atoms with E-state index in [1.165, 1.54) is 34.6 Å². The van der Waals surface area contributed by atoms with Gasteiger partial charge in [-0.05, 0) is 34.6 Å². The van der Waals surface area contributed by atoms with Gasteiger partial charge in [-0.1, -0.05) is 6.08 Å². The first-order valence-electron chi connectivity index (χ1n) is 7.80. The third kappa shape index (κ3) is 3.79. The zero-order chi connectivity index (χ0) is 20.7. The highest BCUT2D eigenvalue weighted by Gasteiger charge is 2.73. The molecule has 0 radical (unpaired) electrons. The van der Waals surface area contributed by atoms with E-state index >= 15 is 0 Å². The van der Waals surface area contributed by atoms with Crippen molar-refractivity contribution >= 4 is 6.09 Å². The number of allylic oxidation sites excluding steroid dienone is 1. The minimum atomic E-state index is -5.69. The SMILES string of the molecule is C=CC(F)C(C(F)F)(C1COC(C)(C)N1C(=O)OC(C)(C)C)C(F)(F)F. The second-order valence-electron chi connectivity index (χ2n) is 7.49. The smallest absolute Gasteiger partial charge is 0.412 e. The number of halogens is 6. The van der Waals surface area contributed by atoms with Crippen molar-refractivity contribution in [3.63, 3.8) is 0 Å². The lowest BCUT2D eigenvalue weighted by Crippen LogP contribution is -2.65. The molecule has 4 nitrogen and oxygen atoms in total. The fraction of sp³-hybridized carbons (Fsp3) is 0.812. The van der Waals surface area contributed by atoms with Crippen molar-refractivity contribution in [1.29, 1.82) is 0 Å². The Labute approximate surface area is 148 Å². The molecule has 3 atom stereocenters. The second kappa shape index (κ2) is 6.94. The molecule has 0 N–H and O–H groups in total. The number of amides is 1. The Balaban J connectivity index is 3.58. The lowest BCUT2D eigenvalue weighted by Gasteiger charge is -2.45. The molecule has 3 unspecified atom stereocenters. The van der Waals surface area contributed by atoms with Crippen LogP contribution in [-0.4, -0.2) is 53.7 Å². The van der Waals surface area contributed by atoms with E-state index in [2.05, 4.69) is 6.58 Å². The van der Waals surface area contributed by atoms with Crippen LogP contribution in [-0.2, 0) is 9.47 Å². The van der Waals surface area contributed by atoms with Crippen molar-refractivity contribution in [2.45, 2.75) is 70.8 Å². The summed E-state index contributed by atoms with van der Waals surface area (Å²) in [6.07, 6.45) is -14.2. The molecule has 0 spiro atoms. The Kier molecular flexibility index (Phi) is 6.03. The summed E-state index contributed by atoms with van der Waals surface area (Å²) in [5, 5.41) is 0. The van der Waals surface area contributed by atoms with Crippen molar-refractivity contribution in [1.82, 2.24) is 4.90 Å². The first-order valence-corrected chi connectivity index (χ1v) is 7.80. The summed E-state index contributed by atoms with van der Waals surface area (Å²) in [5.41, 5.74) is -7.03. The molecule has 10 heteroatoms. The molecule has 1 aliphatic heterocycles. The van der Waals surface area contributed by atoms with E-state index in [1.54, 1.807) is 0 Å². The topological polar surface area (TPSA) is 38.8 Å². The standard InChI is InChI=1S/C16H23F6NO3/c1-7-9(17)15(11(18)19,16(20,21)22)10-8-25-14(5,6)23(10)12(24)26-13(2,3)4/h7,9-11H,1,8H2,2-6H3. The highest BCUT2D eigenvalue weighted by Crippen LogP contribution is 2.54. The molecule has 0 aromatic heterocycles. The highest BCUT2D eigenvalue weighted by molar-refractivity contribution is 5.70. The second-order valence-corrected chi connectivity index (χ2v) is 7.49. The maximum atomic E-state index is 14.3. The van der Waals surface area contributed by atoms with Gasteiger partial charge in [-0.2, -0.15) is 13.2 Å². The van der Waals surface area contributed by atoms with E-state index in [4.69, 9.17) is 9.47 Å². The van der Waals surface area contributed by atoms with Crippen LogP contribution < -0.4 is 0 Å². The van der Waals surface area contributed by atoms with Crippen LogP contribution in [0.3, 0.4) is 0 Å². The summed E-state index contributed by atoms with van der Waals surface area (Å²) >= 11 is 0. The van der Waals surface area contributed by atoms with Crippen LogP contribution >= 0.6 is 0 Å². The van der Waals surface area contributed by atoms with Crippen LogP contribution in [0.2, 0.25) is 0 Å². The van der Waals surface area contributed by atoms with E-state index in [-0.39, 0.29) is 6.08 Å². The molecule has 0 aliphatic carbocycles. The fourth-order valence-electron chi connectivity index (χ4n) is 2.93. The van der Waals surface area contributed by atoms with Crippen molar-refractivity contribution in [2.24, 2.45) is 5.41 Å². The lowest BCUT2D eigenvalue weighted by molar-refractivity contribution is -0.295. The van der Waals surface area contributed by atoms with Crippen LogP contribution in [0.5, 0.6) is 0 Å². The lowest BCUT2D eigenvalue weighted by atomic mass is 9.74. The van der Waals surface area contributed by atoms with Crippen LogP contribution in [0.4, 0.5) is 31.1 Å². The molecule has 0 aromatic carbocycles. The van der Waals surface area contributed by atoms with Gasteiger partial charge in [0.05, 0.1) is 12.6 Å². The first kappa shape index (κ1) is 22.6. The van der Waals surface area contributed by atoms with E-state index in [0.29, 0.717) is 4.90 Å². The molecule has 0 aromatic rings.